The van der Waals surface area contributed by atoms with E-state index < -0.39 is 0 Å². The molecule has 2 rings (SSSR count). The second-order valence-electron chi connectivity index (χ2n) is 5.54. The molecule has 2 aromatic rings. The van der Waals surface area contributed by atoms with E-state index in [9.17, 15) is 0 Å². The Hall–Kier alpha value is -1.24. The highest BCUT2D eigenvalue weighted by Gasteiger charge is 2.12. The molecule has 0 saturated carbocycles. The maximum atomic E-state index is 5.62. The molecule has 0 spiro atoms. The highest BCUT2D eigenvalue weighted by atomic mass is 79.9. The summed E-state index contributed by atoms with van der Waals surface area (Å²) in [5.74, 6) is 2.30. The Morgan fingerprint density at radius 2 is 1.64 bits per heavy atom. The van der Waals surface area contributed by atoms with Gasteiger partial charge in [0.05, 0.1) is 29.8 Å². The summed E-state index contributed by atoms with van der Waals surface area (Å²) in [5, 5.41) is 3.53. The molecule has 0 radical (unpaired) electrons. The molecule has 0 heterocycles. The van der Waals surface area contributed by atoms with Crippen molar-refractivity contribution in [2.75, 3.05) is 20.8 Å². The van der Waals surface area contributed by atoms with Crippen LogP contribution in [0.25, 0.3) is 0 Å². The highest BCUT2D eigenvalue weighted by molar-refractivity contribution is 9.11. The van der Waals surface area contributed by atoms with Gasteiger partial charge in [-0.2, -0.15) is 0 Å². The normalized spacial score (nSPS) is 11.9. The Labute approximate surface area is 166 Å². The highest BCUT2D eigenvalue weighted by Crippen LogP contribution is 2.35. The summed E-state index contributed by atoms with van der Waals surface area (Å²) < 4.78 is 18.2. The standard InChI is InChI=1S/C19H23Br2NO3/c1-5-25-19-15(20)8-13(9-16(19)21)11-22-12(2)14-6-7-17(23-3)18(10-14)24-4/h6-10,12,22H,5,11H2,1-4H3. The fourth-order valence-electron chi connectivity index (χ4n) is 2.51. The molecule has 1 N–H and O–H groups in total. The van der Waals surface area contributed by atoms with Crippen molar-refractivity contribution in [2.24, 2.45) is 0 Å². The fourth-order valence-corrected chi connectivity index (χ4v) is 4.02. The SMILES string of the molecule is CCOc1c(Br)cc(CNC(C)c2ccc(OC)c(OC)c2)cc1Br. The van der Waals surface area contributed by atoms with Crippen molar-refractivity contribution in [1.82, 2.24) is 5.32 Å². The molecule has 6 heteroatoms. The average Bonchev–Trinajstić information content (AvgIpc) is 2.62. The van der Waals surface area contributed by atoms with Gasteiger partial charge in [-0.1, -0.05) is 6.07 Å². The first-order chi connectivity index (χ1) is 12.0. The number of ether oxygens (including phenoxy) is 3. The molecule has 1 unspecified atom stereocenters. The van der Waals surface area contributed by atoms with Crippen LogP contribution in [0.4, 0.5) is 0 Å². The zero-order chi connectivity index (χ0) is 18.4. The first kappa shape index (κ1) is 20.1. The summed E-state index contributed by atoms with van der Waals surface area (Å²) in [5.41, 5.74) is 2.30. The lowest BCUT2D eigenvalue weighted by Crippen LogP contribution is -2.18. The largest absolute Gasteiger partial charge is 0.493 e. The van der Waals surface area contributed by atoms with Crippen molar-refractivity contribution in [2.45, 2.75) is 26.4 Å². The third kappa shape index (κ3) is 5.12. The van der Waals surface area contributed by atoms with E-state index in [2.05, 4.69) is 56.2 Å². The summed E-state index contributed by atoms with van der Waals surface area (Å²) in [6.45, 7) is 5.46. The third-order valence-electron chi connectivity index (χ3n) is 3.87. The van der Waals surface area contributed by atoms with E-state index in [1.165, 1.54) is 0 Å². The summed E-state index contributed by atoms with van der Waals surface area (Å²) in [6.07, 6.45) is 0. The van der Waals surface area contributed by atoms with Crippen LogP contribution in [0, 0.1) is 0 Å². The second kappa shape index (κ2) is 9.46. The molecular formula is C19H23Br2NO3. The molecule has 0 amide bonds. The predicted molar refractivity (Wildman–Crippen MR) is 108 cm³/mol. The first-order valence-corrected chi connectivity index (χ1v) is 9.64. The molecule has 1 atom stereocenters. The number of hydrogen-bond donors (Lipinski definition) is 1. The monoisotopic (exact) mass is 471 g/mol. The molecule has 0 aromatic heterocycles. The Morgan fingerprint density at radius 3 is 2.20 bits per heavy atom. The predicted octanol–water partition coefficient (Wildman–Crippen LogP) is 5.48. The minimum atomic E-state index is 0.170. The van der Waals surface area contributed by atoms with E-state index in [4.69, 9.17) is 14.2 Å². The van der Waals surface area contributed by atoms with Gasteiger partial charge in [-0.25, -0.2) is 0 Å². The van der Waals surface area contributed by atoms with Crippen LogP contribution in [0.2, 0.25) is 0 Å². The molecule has 136 valence electrons. The van der Waals surface area contributed by atoms with Crippen molar-refractivity contribution in [1.29, 1.82) is 0 Å². The van der Waals surface area contributed by atoms with Gasteiger partial charge in [0.15, 0.2) is 11.5 Å². The summed E-state index contributed by atoms with van der Waals surface area (Å²) in [4.78, 5) is 0. The Morgan fingerprint density at radius 1 is 1.00 bits per heavy atom. The van der Waals surface area contributed by atoms with Crippen molar-refractivity contribution in [3.05, 3.63) is 50.4 Å². The molecule has 2 aromatic carbocycles. The van der Waals surface area contributed by atoms with E-state index in [-0.39, 0.29) is 6.04 Å². The van der Waals surface area contributed by atoms with Gasteiger partial charge in [0, 0.05) is 12.6 Å². The van der Waals surface area contributed by atoms with Gasteiger partial charge in [-0.15, -0.1) is 0 Å². The lowest BCUT2D eigenvalue weighted by molar-refractivity contribution is 0.336. The Kier molecular flexibility index (Phi) is 7.59. The summed E-state index contributed by atoms with van der Waals surface area (Å²) >= 11 is 7.14. The average molecular weight is 473 g/mol. The van der Waals surface area contributed by atoms with Crippen LogP contribution in [0.3, 0.4) is 0 Å². The van der Waals surface area contributed by atoms with E-state index in [0.29, 0.717) is 6.61 Å². The maximum Gasteiger partial charge on any atom is 0.161 e. The van der Waals surface area contributed by atoms with Crippen LogP contribution in [0.5, 0.6) is 17.2 Å². The van der Waals surface area contributed by atoms with E-state index in [0.717, 1.165) is 43.9 Å². The lowest BCUT2D eigenvalue weighted by Gasteiger charge is -2.17. The minimum absolute atomic E-state index is 0.170. The number of nitrogens with one attached hydrogen (secondary N) is 1. The van der Waals surface area contributed by atoms with Gasteiger partial charge in [-0.3, -0.25) is 0 Å². The van der Waals surface area contributed by atoms with Gasteiger partial charge in [-0.05, 0) is 81.1 Å². The molecule has 0 fully saturated rings. The molecule has 25 heavy (non-hydrogen) atoms. The van der Waals surface area contributed by atoms with E-state index in [1.807, 2.05) is 25.1 Å². The summed E-state index contributed by atoms with van der Waals surface area (Å²) in [7, 11) is 3.29. The quantitative estimate of drug-likeness (QED) is 0.552. The number of halogens is 2. The van der Waals surface area contributed by atoms with Gasteiger partial charge >= 0.3 is 0 Å². The molecule has 0 bridgehead atoms. The second-order valence-corrected chi connectivity index (χ2v) is 7.25. The number of rotatable bonds is 8. The van der Waals surface area contributed by atoms with Crippen molar-refractivity contribution in [3.63, 3.8) is 0 Å². The van der Waals surface area contributed by atoms with E-state index in [1.54, 1.807) is 14.2 Å². The smallest absolute Gasteiger partial charge is 0.161 e. The van der Waals surface area contributed by atoms with Crippen LogP contribution >= 0.6 is 31.9 Å². The Bertz CT molecular complexity index is 699. The van der Waals surface area contributed by atoms with Crippen LogP contribution in [0.15, 0.2) is 39.3 Å². The molecule has 0 aliphatic carbocycles. The minimum Gasteiger partial charge on any atom is -0.493 e. The molecule has 4 nitrogen and oxygen atoms in total. The summed E-state index contributed by atoms with van der Waals surface area (Å²) in [6, 6.07) is 10.3. The number of hydrogen-bond acceptors (Lipinski definition) is 4. The van der Waals surface area contributed by atoms with Crippen molar-refractivity contribution in [3.8, 4) is 17.2 Å². The van der Waals surface area contributed by atoms with Gasteiger partial charge in [0.25, 0.3) is 0 Å². The number of benzene rings is 2. The zero-order valence-electron chi connectivity index (χ0n) is 14.9. The van der Waals surface area contributed by atoms with Gasteiger partial charge < -0.3 is 19.5 Å². The molecular weight excluding hydrogens is 450 g/mol. The molecule has 0 aliphatic rings. The van der Waals surface area contributed by atoms with Crippen LogP contribution < -0.4 is 19.5 Å². The van der Waals surface area contributed by atoms with Crippen LogP contribution in [-0.4, -0.2) is 20.8 Å². The van der Waals surface area contributed by atoms with Crippen molar-refractivity contribution >= 4 is 31.9 Å². The lowest BCUT2D eigenvalue weighted by atomic mass is 10.1. The molecule has 0 saturated heterocycles. The molecule has 0 aliphatic heterocycles. The topological polar surface area (TPSA) is 39.7 Å². The van der Waals surface area contributed by atoms with Crippen LogP contribution in [0.1, 0.15) is 31.0 Å². The number of methoxy groups -OCH3 is 2. The van der Waals surface area contributed by atoms with Gasteiger partial charge in [0.1, 0.15) is 5.75 Å². The van der Waals surface area contributed by atoms with Crippen molar-refractivity contribution < 1.29 is 14.2 Å². The maximum absolute atomic E-state index is 5.62. The Balaban J connectivity index is 2.08. The van der Waals surface area contributed by atoms with E-state index >= 15 is 0 Å². The third-order valence-corrected chi connectivity index (χ3v) is 5.04. The first-order valence-electron chi connectivity index (χ1n) is 8.06. The fraction of sp³-hybridized carbons (Fsp3) is 0.368. The van der Waals surface area contributed by atoms with Crippen LogP contribution in [-0.2, 0) is 6.54 Å². The zero-order valence-corrected chi connectivity index (χ0v) is 18.0. The van der Waals surface area contributed by atoms with Gasteiger partial charge in [0.2, 0.25) is 0 Å².